The van der Waals surface area contributed by atoms with Gasteiger partial charge in [0.2, 0.25) is 0 Å². The Morgan fingerprint density at radius 1 is 1.29 bits per heavy atom. The van der Waals surface area contributed by atoms with Crippen molar-refractivity contribution in [3.05, 3.63) is 41.5 Å². The summed E-state index contributed by atoms with van der Waals surface area (Å²) in [4.78, 5) is 11.1. The largest absolute Gasteiger partial charge is 0.303 e. The molecule has 0 bridgehead atoms. The Hall–Kier alpha value is -1.37. The summed E-state index contributed by atoms with van der Waals surface area (Å²) in [6.45, 7) is 4.39. The van der Waals surface area contributed by atoms with Crippen LogP contribution in [0.15, 0.2) is 35.9 Å². The van der Waals surface area contributed by atoms with Crippen LogP contribution in [0, 0.1) is 11.8 Å². The predicted molar refractivity (Wildman–Crippen MR) is 71.6 cm³/mol. The number of hydrogen-bond acceptors (Lipinski definition) is 1. The van der Waals surface area contributed by atoms with E-state index >= 15 is 0 Å². The fourth-order valence-corrected chi connectivity index (χ4v) is 2.95. The maximum absolute atomic E-state index is 11.1. The molecule has 0 aromatic heterocycles. The smallest absolute Gasteiger partial charge is 0.123 e. The van der Waals surface area contributed by atoms with Crippen LogP contribution in [0.3, 0.4) is 0 Å². The van der Waals surface area contributed by atoms with E-state index in [9.17, 15) is 4.79 Å². The molecule has 0 heterocycles. The number of carbonyl (C=O) groups excluding carboxylic acids is 1. The van der Waals surface area contributed by atoms with Crippen molar-refractivity contribution in [3.8, 4) is 0 Å². The van der Waals surface area contributed by atoms with E-state index in [2.05, 4.69) is 44.2 Å². The lowest BCUT2D eigenvalue weighted by Gasteiger charge is -2.30. The van der Waals surface area contributed by atoms with E-state index in [-0.39, 0.29) is 5.92 Å². The summed E-state index contributed by atoms with van der Waals surface area (Å²) >= 11 is 0. The molecule has 0 saturated heterocycles. The van der Waals surface area contributed by atoms with Crippen molar-refractivity contribution >= 4 is 11.9 Å². The third kappa shape index (κ3) is 2.33. The van der Waals surface area contributed by atoms with Crippen LogP contribution in [-0.4, -0.2) is 6.29 Å². The summed E-state index contributed by atoms with van der Waals surface area (Å²) in [6.07, 6.45) is 4.23. The topological polar surface area (TPSA) is 17.1 Å². The zero-order valence-electron chi connectivity index (χ0n) is 10.6. The van der Waals surface area contributed by atoms with Crippen molar-refractivity contribution in [2.24, 2.45) is 11.8 Å². The monoisotopic (exact) mass is 228 g/mol. The zero-order valence-corrected chi connectivity index (χ0v) is 10.6. The standard InChI is InChI=1S/C16H20O/c1-3-15-12(2)14(11-17)9-10-16(15)13-7-5-4-6-8-13/h4-8,11-12,14H,3,9-10H2,1-2H3. The van der Waals surface area contributed by atoms with E-state index in [1.165, 1.54) is 16.7 Å². The van der Waals surface area contributed by atoms with Gasteiger partial charge in [0.1, 0.15) is 6.29 Å². The minimum Gasteiger partial charge on any atom is -0.303 e. The van der Waals surface area contributed by atoms with E-state index in [1.807, 2.05) is 0 Å². The molecule has 0 spiro atoms. The molecule has 17 heavy (non-hydrogen) atoms. The third-order valence-electron chi connectivity index (χ3n) is 3.99. The maximum Gasteiger partial charge on any atom is 0.123 e. The van der Waals surface area contributed by atoms with Gasteiger partial charge in [-0.05, 0) is 36.3 Å². The molecule has 1 nitrogen and oxygen atoms in total. The Labute approximate surface area is 104 Å². The van der Waals surface area contributed by atoms with Crippen LogP contribution in [0.1, 0.15) is 38.7 Å². The van der Waals surface area contributed by atoms with Gasteiger partial charge in [-0.15, -0.1) is 0 Å². The third-order valence-corrected chi connectivity index (χ3v) is 3.99. The van der Waals surface area contributed by atoms with E-state index in [1.54, 1.807) is 0 Å². The Balaban J connectivity index is 2.41. The van der Waals surface area contributed by atoms with E-state index < -0.39 is 0 Å². The first-order valence-electron chi connectivity index (χ1n) is 6.50. The molecule has 1 aliphatic carbocycles. The van der Waals surface area contributed by atoms with Gasteiger partial charge in [-0.2, -0.15) is 0 Å². The molecule has 90 valence electrons. The average molecular weight is 228 g/mol. The summed E-state index contributed by atoms with van der Waals surface area (Å²) in [5.74, 6) is 0.624. The van der Waals surface area contributed by atoms with Gasteiger partial charge in [0.05, 0.1) is 0 Å². The van der Waals surface area contributed by atoms with Crippen molar-refractivity contribution in [2.45, 2.75) is 33.1 Å². The SMILES string of the molecule is CCC1=C(c2ccccc2)CCC(C=O)C1C. The highest BCUT2D eigenvalue weighted by atomic mass is 16.1. The molecule has 2 rings (SSSR count). The first kappa shape index (κ1) is 12.1. The molecule has 0 amide bonds. The van der Waals surface area contributed by atoms with Crippen molar-refractivity contribution in [3.63, 3.8) is 0 Å². The second-order valence-corrected chi connectivity index (χ2v) is 4.85. The van der Waals surface area contributed by atoms with E-state index in [0.717, 1.165) is 25.5 Å². The van der Waals surface area contributed by atoms with Crippen LogP contribution < -0.4 is 0 Å². The molecule has 0 radical (unpaired) electrons. The van der Waals surface area contributed by atoms with E-state index in [0.29, 0.717) is 5.92 Å². The lowest BCUT2D eigenvalue weighted by atomic mass is 9.74. The molecule has 0 N–H and O–H groups in total. The fraction of sp³-hybridized carbons (Fsp3) is 0.438. The molecule has 2 unspecified atom stereocenters. The molecular weight excluding hydrogens is 208 g/mol. The molecule has 1 aliphatic rings. The Kier molecular flexibility index (Phi) is 3.78. The summed E-state index contributed by atoms with van der Waals surface area (Å²) in [5, 5.41) is 0. The molecule has 0 aliphatic heterocycles. The summed E-state index contributed by atoms with van der Waals surface area (Å²) in [7, 11) is 0. The minimum absolute atomic E-state index is 0.220. The molecule has 2 atom stereocenters. The normalized spacial score (nSPS) is 24.8. The fourth-order valence-electron chi connectivity index (χ4n) is 2.95. The molecule has 1 heteroatoms. The summed E-state index contributed by atoms with van der Waals surface area (Å²) < 4.78 is 0. The first-order valence-corrected chi connectivity index (χ1v) is 6.50. The van der Waals surface area contributed by atoms with Gasteiger partial charge in [-0.25, -0.2) is 0 Å². The second-order valence-electron chi connectivity index (χ2n) is 4.85. The number of benzene rings is 1. The Morgan fingerprint density at radius 3 is 2.59 bits per heavy atom. The second kappa shape index (κ2) is 5.31. The van der Waals surface area contributed by atoms with Crippen molar-refractivity contribution in [1.82, 2.24) is 0 Å². The van der Waals surface area contributed by atoms with Gasteiger partial charge >= 0.3 is 0 Å². The Morgan fingerprint density at radius 2 is 2.00 bits per heavy atom. The van der Waals surface area contributed by atoms with Crippen LogP contribution in [0.4, 0.5) is 0 Å². The number of rotatable bonds is 3. The van der Waals surface area contributed by atoms with Crippen LogP contribution >= 0.6 is 0 Å². The minimum atomic E-state index is 0.220. The van der Waals surface area contributed by atoms with Crippen molar-refractivity contribution in [1.29, 1.82) is 0 Å². The van der Waals surface area contributed by atoms with Crippen LogP contribution in [0.5, 0.6) is 0 Å². The van der Waals surface area contributed by atoms with Gasteiger partial charge in [0.15, 0.2) is 0 Å². The van der Waals surface area contributed by atoms with Gasteiger partial charge in [-0.1, -0.05) is 49.8 Å². The summed E-state index contributed by atoms with van der Waals surface area (Å²) in [6, 6.07) is 10.6. The molecule has 1 aromatic rings. The highest BCUT2D eigenvalue weighted by Gasteiger charge is 2.27. The molecule has 1 aromatic carbocycles. The number of aldehydes is 1. The molecule has 0 saturated carbocycles. The highest BCUT2D eigenvalue weighted by Crippen LogP contribution is 2.39. The quantitative estimate of drug-likeness (QED) is 0.712. The maximum atomic E-state index is 11.1. The number of hydrogen-bond donors (Lipinski definition) is 0. The molecule has 0 fully saturated rings. The van der Waals surface area contributed by atoms with Crippen molar-refractivity contribution in [2.75, 3.05) is 0 Å². The number of carbonyl (C=O) groups is 1. The van der Waals surface area contributed by atoms with Gasteiger partial charge in [0.25, 0.3) is 0 Å². The lowest BCUT2D eigenvalue weighted by molar-refractivity contribution is -0.112. The number of allylic oxidation sites excluding steroid dienone is 2. The predicted octanol–water partition coefficient (Wildman–Crippen LogP) is 4.10. The van der Waals surface area contributed by atoms with Crippen LogP contribution in [-0.2, 0) is 4.79 Å². The lowest BCUT2D eigenvalue weighted by Crippen LogP contribution is -2.21. The van der Waals surface area contributed by atoms with E-state index in [4.69, 9.17) is 0 Å². The van der Waals surface area contributed by atoms with Gasteiger partial charge in [0, 0.05) is 5.92 Å². The summed E-state index contributed by atoms with van der Waals surface area (Å²) in [5.41, 5.74) is 4.28. The highest BCUT2D eigenvalue weighted by molar-refractivity contribution is 5.72. The Bertz CT molecular complexity index is 416. The van der Waals surface area contributed by atoms with Crippen LogP contribution in [0.25, 0.3) is 5.57 Å². The molecular formula is C16H20O. The average Bonchev–Trinajstić information content (AvgIpc) is 2.39. The van der Waals surface area contributed by atoms with Crippen molar-refractivity contribution < 1.29 is 4.79 Å². The van der Waals surface area contributed by atoms with Crippen LogP contribution in [0.2, 0.25) is 0 Å². The van der Waals surface area contributed by atoms with Gasteiger partial charge in [-0.3, -0.25) is 0 Å². The van der Waals surface area contributed by atoms with Gasteiger partial charge < -0.3 is 4.79 Å². The first-order chi connectivity index (χ1) is 8.27. The zero-order chi connectivity index (χ0) is 12.3.